The van der Waals surface area contributed by atoms with E-state index in [9.17, 15) is 13.2 Å². The summed E-state index contributed by atoms with van der Waals surface area (Å²) in [5.74, 6) is -0.137. The van der Waals surface area contributed by atoms with Gasteiger partial charge in [-0.25, -0.2) is 8.42 Å². The lowest BCUT2D eigenvalue weighted by molar-refractivity contribution is -0.133. The number of hydrogen-bond acceptors (Lipinski definition) is 4. The zero-order chi connectivity index (χ0) is 16.9. The molecule has 0 bridgehead atoms. The Kier molecular flexibility index (Phi) is 6.15. The Bertz CT molecular complexity index is 613. The molecule has 1 unspecified atom stereocenters. The number of nitrogens with zero attached hydrogens (tertiary/aromatic N) is 2. The van der Waals surface area contributed by atoms with Crippen molar-refractivity contribution in [3.8, 4) is 0 Å². The molecule has 1 aromatic carbocycles. The van der Waals surface area contributed by atoms with E-state index in [1.165, 1.54) is 7.05 Å². The highest BCUT2D eigenvalue weighted by molar-refractivity contribution is 7.89. The summed E-state index contributed by atoms with van der Waals surface area (Å²) in [5.41, 5.74) is 0. The van der Waals surface area contributed by atoms with Gasteiger partial charge in [0.15, 0.2) is 0 Å². The largest absolute Gasteiger partial charge is 0.337 e. The first-order valence-corrected chi connectivity index (χ1v) is 9.42. The summed E-state index contributed by atoms with van der Waals surface area (Å²) in [7, 11) is -2.18. The van der Waals surface area contributed by atoms with E-state index in [2.05, 4.69) is 5.32 Å². The van der Waals surface area contributed by atoms with Gasteiger partial charge in [0.1, 0.15) is 0 Å². The molecule has 1 saturated heterocycles. The van der Waals surface area contributed by atoms with Gasteiger partial charge < -0.3 is 10.2 Å². The van der Waals surface area contributed by atoms with Crippen LogP contribution in [0.4, 0.5) is 0 Å². The normalized spacial score (nSPS) is 18.3. The number of hydrogen-bond donors (Lipinski definition) is 1. The van der Waals surface area contributed by atoms with Crippen molar-refractivity contribution in [3.05, 3.63) is 30.3 Å². The second-order valence-electron chi connectivity index (χ2n) is 5.81. The number of amides is 1. The number of likely N-dealkylation sites (N-methyl/N-ethyl adjacent to an activating group) is 1. The smallest absolute Gasteiger partial charge is 0.243 e. The maximum absolute atomic E-state index is 12.6. The van der Waals surface area contributed by atoms with Crippen molar-refractivity contribution in [2.75, 3.05) is 33.2 Å². The topological polar surface area (TPSA) is 69.7 Å². The molecule has 1 N–H and O–H groups in total. The molecule has 128 valence electrons. The summed E-state index contributed by atoms with van der Waals surface area (Å²) in [6.07, 6.45) is 1.78. The van der Waals surface area contributed by atoms with Crippen LogP contribution in [0.15, 0.2) is 35.2 Å². The van der Waals surface area contributed by atoms with Gasteiger partial charge in [-0.2, -0.15) is 4.31 Å². The Labute approximate surface area is 138 Å². The minimum absolute atomic E-state index is 0.131. The van der Waals surface area contributed by atoms with Crippen molar-refractivity contribution < 1.29 is 13.2 Å². The monoisotopic (exact) mass is 339 g/mol. The minimum atomic E-state index is -3.64. The fraction of sp³-hybridized carbons (Fsp3) is 0.562. The van der Waals surface area contributed by atoms with E-state index in [0.717, 1.165) is 30.2 Å². The third-order valence-electron chi connectivity index (χ3n) is 4.07. The van der Waals surface area contributed by atoms with Crippen LogP contribution in [0.3, 0.4) is 0 Å². The highest BCUT2D eigenvalue weighted by atomic mass is 32.2. The Hall–Kier alpha value is -1.44. The molecular weight excluding hydrogens is 314 g/mol. The molecule has 0 radical (unpaired) electrons. The van der Waals surface area contributed by atoms with Crippen molar-refractivity contribution in [2.45, 2.75) is 30.7 Å². The molecule has 1 fully saturated rings. The molecule has 6 nitrogen and oxygen atoms in total. The quantitative estimate of drug-likeness (QED) is 0.802. The summed E-state index contributed by atoms with van der Waals surface area (Å²) >= 11 is 0. The summed E-state index contributed by atoms with van der Waals surface area (Å²) in [6, 6.07) is 8.37. The molecule has 1 aromatic rings. The zero-order valence-corrected chi connectivity index (χ0v) is 14.6. The molecule has 23 heavy (non-hydrogen) atoms. The Morgan fingerprint density at radius 2 is 2.00 bits per heavy atom. The van der Waals surface area contributed by atoms with Crippen LogP contribution in [0.2, 0.25) is 0 Å². The second-order valence-corrected chi connectivity index (χ2v) is 7.85. The maximum atomic E-state index is 12.6. The highest BCUT2D eigenvalue weighted by Gasteiger charge is 2.29. The predicted molar refractivity (Wildman–Crippen MR) is 89.5 cm³/mol. The van der Waals surface area contributed by atoms with Gasteiger partial charge in [0.05, 0.1) is 11.4 Å². The number of carbonyl (C=O) groups excluding carboxylic acids is 1. The van der Waals surface area contributed by atoms with Gasteiger partial charge >= 0.3 is 0 Å². The van der Waals surface area contributed by atoms with E-state index in [0.29, 0.717) is 6.54 Å². The molecular formula is C16H25N3O3S. The third-order valence-corrected chi connectivity index (χ3v) is 5.89. The fourth-order valence-electron chi connectivity index (χ4n) is 2.80. The molecule has 1 amide bonds. The first-order valence-electron chi connectivity index (χ1n) is 7.98. The number of benzene rings is 1. The van der Waals surface area contributed by atoms with Crippen LogP contribution in [-0.2, 0) is 14.8 Å². The average Bonchev–Trinajstić information content (AvgIpc) is 3.07. The Morgan fingerprint density at radius 1 is 1.30 bits per heavy atom. The summed E-state index contributed by atoms with van der Waals surface area (Å²) < 4.78 is 26.2. The van der Waals surface area contributed by atoms with Crippen LogP contribution in [0.1, 0.15) is 19.8 Å². The van der Waals surface area contributed by atoms with E-state index in [1.807, 2.05) is 11.8 Å². The highest BCUT2D eigenvalue weighted by Crippen LogP contribution is 2.15. The number of nitrogens with one attached hydrogen (secondary N) is 1. The molecule has 0 aliphatic carbocycles. The molecule has 1 atom stereocenters. The Morgan fingerprint density at radius 3 is 2.57 bits per heavy atom. The van der Waals surface area contributed by atoms with Crippen LogP contribution < -0.4 is 5.32 Å². The average molecular weight is 339 g/mol. The van der Waals surface area contributed by atoms with Gasteiger partial charge in [0.25, 0.3) is 0 Å². The summed E-state index contributed by atoms with van der Waals surface area (Å²) in [4.78, 5) is 14.6. The molecule has 1 heterocycles. The molecule has 7 heteroatoms. The van der Waals surface area contributed by atoms with E-state index in [1.54, 1.807) is 30.3 Å². The van der Waals surface area contributed by atoms with E-state index < -0.39 is 10.0 Å². The maximum Gasteiger partial charge on any atom is 0.243 e. The lowest BCUT2D eigenvalue weighted by Gasteiger charge is -2.30. The Balaban J connectivity index is 2.08. The number of carbonyl (C=O) groups is 1. The third kappa shape index (κ3) is 4.31. The van der Waals surface area contributed by atoms with E-state index >= 15 is 0 Å². The van der Waals surface area contributed by atoms with Crippen molar-refractivity contribution in [1.82, 2.24) is 14.5 Å². The minimum Gasteiger partial charge on any atom is -0.337 e. The standard InChI is InChI=1S/C16H25N3O3S/c1-3-11-19(14-9-10-17-12-14)16(20)13-18(2)23(21,22)15-7-5-4-6-8-15/h4-8,14,17H,3,9-13H2,1-2H3. The van der Waals surface area contributed by atoms with Crippen LogP contribution >= 0.6 is 0 Å². The first kappa shape index (κ1) is 17.9. The summed E-state index contributed by atoms with van der Waals surface area (Å²) in [6.45, 7) is 4.22. The van der Waals surface area contributed by atoms with Gasteiger partial charge in [0, 0.05) is 26.2 Å². The summed E-state index contributed by atoms with van der Waals surface area (Å²) in [5, 5.41) is 3.25. The van der Waals surface area contributed by atoms with Crippen LogP contribution in [0.25, 0.3) is 0 Å². The number of rotatable bonds is 7. The van der Waals surface area contributed by atoms with Crippen molar-refractivity contribution in [1.29, 1.82) is 0 Å². The lowest BCUT2D eigenvalue weighted by Crippen LogP contribution is -2.47. The van der Waals surface area contributed by atoms with Crippen LogP contribution in [0, 0.1) is 0 Å². The number of sulfonamides is 1. The van der Waals surface area contributed by atoms with Crippen molar-refractivity contribution >= 4 is 15.9 Å². The van der Waals surface area contributed by atoms with Crippen molar-refractivity contribution in [2.24, 2.45) is 0 Å². The van der Waals surface area contributed by atoms with Gasteiger partial charge in [-0.3, -0.25) is 4.79 Å². The SMILES string of the molecule is CCCN(C(=O)CN(C)S(=O)(=O)c1ccccc1)C1CCNC1. The molecule has 0 spiro atoms. The second kappa shape index (κ2) is 7.90. The van der Waals surface area contributed by atoms with E-state index in [4.69, 9.17) is 0 Å². The first-order chi connectivity index (χ1) is 11.0. The fourth-order valence-corrected chi connectivity index (χ4v) is 3.94. The van der Waals surface area contributed by atoms with Gasteiger partial charge in [-0.1, -0.05) is 25.1 Å². The molecule has 1 aliphatic rings. The predicted octanol–water partition coefficient (Wildman–Crippen LogP) is 0.908. The van der Waals surface area contributed by atoms with Crippen molar-refractivity contribution in [3.63, 3.8) is 0 Å². The zero-order valence-electron chi connectivity index (χ0n) is 13.7. The van der Waals surface area contributed by atoms with Gasteiger partial charge in [-0.05, 0) is 31.5 Å². The molecule has 0 aromatic heterocycles. The molecule has 2 rings (SSSR count). The van der Waals surface area contributed by atoms with Crippen LogP contribution in [0.5, 0.6) is 0 Å². The lowest BCUT2D eigenvalue weighted by atomic mass is 10.2. The van der Waals surface area contributed by atoms with E-state index in [-0.39, 0.29) is 23.4 Å². The van der Waals surface area contributed by atoms with Gasteiger partial charge in [-0.15, -0.1) is 0 Å². The van der Waals surface area contributed by atoms with Crippen LogP contribution in [-0.4, -0.2) is 62.8 Å². The molecule has 0 saturated carbocycles. The van der Waals surface area contributed by atoms with Gasteiger partial charge in [0.2, 0.25) is 15.9 Å². The molecule has 1 aliphatic heterocycles.